The van der Waals surface area contributed by atoms with Gasteiger partial charge in [0.15, 0.2) is 0 Å². The van der Waals surface area contributed by atoms with E-state index in [2.05, 4.69) is 26.8 Å². The molecule has 0 spiro atoms. The van der Waals surface area contributed by atoms with Crippen molar-refractivity contribution in [2.75, 3.05) is 6.61 Å². The maximum absolute atomic E-state index is 11.7. The molecule has 0 fully saturated rings. The van der Waals surface area contributed by atoms with Gasteiger partial charge >= 0.3 is 5.97 Å². The number of hydrogen-bond donors (Lipinski definition) is 0. The van der Waals surface area contributed by atoms with E-state index in [1.807, 2.05) is 6.08 Å². The summed E-state index contributed by atoms with van der Waals surface area (Å²) in [4.78, 5) is 23.2. The molecule has 3 nitrogen and oxygen atoms in total. The van der Waals surface area contributed by atoms with Crippen molar-refractivity contribution >= 4 is 11.8 Å². The minimum Gasteiger partial charge on any atom is -0.465 e. The second kappa shape index (κ2) is 6.18. The van der Waals surface area contributed by atoms with Gasteiger partial charge in [0.2, 0.25) is 0 Å². The fourth-order valence-corrected chi connectivity index (χ4v) is 2.33. The summed E-state index contributed by atoms with van der Waals surface area (Å²) in [7, 11) is 0. The average Bonchev–Trinajstić information content (AvgIpc) is 2.55. The number of ketones is 1. The molecule has 0 aliphatic heterocycles. The largest absolute Gasteiger partial charge is 0.465 e. The molecule has 19 heavy (non-hydrogen) atoms. The maximum Gasteiger partial charge on any atom is 0.320 e. The van der Waals surface area contributed by atoms with E-state index in [-0.39, 0.29) is 11.2 Å². The molecule has 0 bridgehead atoms. The number of carbonyl (C=O) groups is 2. The van der Waals surface area contributed by atoms with Gasteiger partial charge in [0.05, 0.1) is 6.61 Å². The molecule has 0 radical (unpaired) electrons. The molecule has 0 saturated heterocycles. The normalized spacial score (nSPS) is 23.2. The molecule has 0 aromatic rings. The number of esters is 1. The van der Waals surface area contributed by atoms with Crippen LogP contribution in [0.4, 0.5) is 0 Å². The average molecular weight is 264 g/mol. The Kier molecular flexibility index (Phi) is 5.10. The second-order valence-electron chi connectivity index (χ2n) is 5.68. The lowest BCUT2D eigenvalue weighted by Gasteiger charge is -2.27. The van der Waals surface area contributed by atoms with E-state index in [1.165, 1.54) is 12.5 Å². The summed E-state index contributed by atoms with van der Waals surface area (Å²) in [5, 5.41) is 0. The van der Waals surface area contributed by atoms with Gasteiger partial charge < -0.3 is 4.74 Å². The van der Waals surface area contributed by atoms with Gasteiger partial charge in [-0.05, 0) is 38.5 Å². The Hall–Kier alpha value is -1.38. The SMILES string of the molecule is CCOC(=O)C(C=CC1CC=C(C)C1(C)C)C(C)=O. The molecule has 0 aromatic heterocycles. The smallest absolute Gasteiger partial charge is 0.320 e. The molecule has 3 heteroatoms. The first kappa shape index (κ1) is 15.7. The summed E-state index contributed by atoms with van der Waals surface area (Å²) in [5.74, 6) is -1.05. The van der Waals surface area contributed by atoms with E-state index >= 15 is 0 Å². The van der Waals surface area contributed by atoms with Gasteiger partial charge in [-0.3, -0.25) is 9.59 Å². The van der Waals surface area contributed by atoms with E-state index in [0.29, 0.717) is 12.5 Å². The van der Waals surface area contributed by atoms with Crippen LogP contribution in [0.5, 0.6) is 0 Å². The van der Waals surface area contributed by atoms with E-state index < -0.39 is 11.9 Å². The van der Waals surface area contributed by atoms with Crippen LogP contribution in [0.1, 0.15) is 41.0 Å². The van der Waals surface area contributed by atoms with E-state index in [0.717, 1.165) is 6.42 Å². The van der Waals surface area contributed by atoms with E-state index in [4.69, 9.17) is 4.74 Å². The molecule has 0 amide bonds. The van der Waals surface area contributed by atoms with Crippen LogP contribution in [0, 0.1) is 17.3 Å². The van der Waals surface area contributed by atoms with Gasteiger partial charge in [0, 0.05) is 0 Å². The zero-order chi connectivity index (χ0) is 14.6. The molecular formula is C16H24O3. The predicted octanol–water partition coefficient (Wildman–Crippen LogP) is 3.30. The van der Waals surface area contributed by atoms with Gasteiger partial charge in [0.25, 0.3) is 0 Å². The maximum atomic E-state index is 11.7. The highest BCUT2D eigenvalue weighted by Crippen LogP contribution is 2.43. The fourth-order valence-electron chi connectivity index (χ4n) is 2.33. The van der Waals surface area contributed by atoms with Gasteiger partial charge in [-0.25, -0.2) is 0 Å². The molecule has 1 aliphatic rings. The molecule has 2 atom stereocenters. The Bertz CT molecular complexity index is 416. The summed E-state index contributed by atoms with van der Waals surface area (Å²) < 4.78 is 4.93. The van der Waals surface area contributed by atoms with Gasteiger partial charge in [-0.15, -0.1) is 0 Å². The molecule has 0 heterocycles. The van der Waals surface area contributed by atoms with Crippen LogP contribution >= 0.6 is 0 Å². The lowest BCUT2D eigenvalue weighted by Crippen LogP contribution is -2.24. The molecular weight excluding hydrogens is 240 g/mol. The first-order chi connectivity index (χ1) is 8.80. The van der Waals surface area contributed by atoms with Crippen LogP contribution in [-0.2, 0) is 14.3 Å². The number of rotatable bonds is 5. The number of Topliss-reactive ketones (excluding diaryl/α,β-unsaturated/α-hetero) is 1. The van der Waals surface area contributed by atoms with Crippen molar-refractivity contribution in [1.29, 1.82) is 0 Å². The van der Waals surface area contributed by atoms with Crippen LogP contribution in [0.25, 0.3) is 0 Å². The second-order valence-corrected chi connectivity index (χ2v) is 5.68. The van der Waals surface area contributed by atoms with Crippen LogP contribution in [-0.4, -0.2) is 18.4 Å². The topological polar surface area (TPSA) is 43.4 Å². The molecule has 0 aromatic carbocycles. The molecule has 0 N–H and O–H groups in total. The highest BCUT2D eigenvalue weighted by atomic mass is 16.5. The van der Waals surface area contributed by atoms with Gasteiger partial charge in [0.1, 0.15) is 11.7 Å². The Labute approximate surface area is 115 Å². The third kappa shape index (κ3) is 3.55. The van der Waals surface area contributed by atoms with Crippen LogP contribution < -0.4 is 0 Å². The third-order valence-corrected chi connectivity index (χ3v) is 4.14. The van der Waals surface area contributed by atoms with Crippen molar-refractivity contribution in [3.63, 3.8) is 0 Å². The first-order valence-corrected chi connectivity index (χ1v) is 6.83. The van der Waals surface area contributed by atoms with Crippen molar-refractivity contribution in [3.05, 3.63) is 23.8 Å². The Morgan fingerprint density at radius 3 is 2.58 bits per heavy atom. The van der Waals surface area contributed by atoms with Crippen molar-refractivity contribution < 1.29 is 14.3 Å². The highest BCUT2D eigenvalue weighted by Gasteiger charge is 2.33. The van der Waals surface area contributed by atoms with Crippen LogP contribution in [0.3, 0.4) is 0 Å². The Balaban J connectivity index is 2.79. The number of carbonyl (C=O) groups excluding carboxylic acids is 2. The molecule has 1 rings (SSSR count). The van der Waals surface area contributed by atoms with Crippen molar-refractivity contribution in [1.82, 2.24) is 0 Å². The van der Waals surface area contributed by atoms with Gasteiger partial charge in [-0.2, -0.15) is 0 Å². The third-order valence-electron chi connectivity index (χ3n) is 4.14. The molecule has 106 valence electrons. The zero-order valence-corrected chi connectivity index (χ0v) is 12.5. The number of allylic oxidation sites excluding steroid dienone is 3. The molecule has 0 saturated carbocycles. The Morgan fingerprint density at radius 2 is 2.16 bits per heavy atom. The minimum atomic E-state index is -0.767. The fraction of sp³-hybridized carbons (Fsp3) is 0.625. The molecule has 2 unspecified atom stereocenters. The highest BCUT2D eigenvalue weighted by molar-refractivity contribution is 5.99. The van der Waals surface area contributed by atoms with Crippen LogP contribution in [0.15, 0.2) is 23.8 Å². The summed E-state index contributed by atoms with van der Waals surface area (Å²) in [6, 6.07) is 0. The number of ether oxygens (including phenoxy) is 1. The summed E-state index contributed by atoms with van der Waals surface area (Å²) in [6.07, 6.45) is 6.89. The van der Waals surface area contributed by atoms with E-state index in [1.54, 1.807) is 13.0 Å². The van der Waals surface area contributed by atoms with E-state index in [9.17, 15) is 9.59 Å². The lowest BCUT2D eigenvalue weighted by molar-refractivity contribution is -0.149. The van der Waals surface area contributed by atoms with Crippen molar-refractivity contribution in [3.8, 4) is 0 Å². The van der Waals surface area contributed by atoms with Crippen molar-refractivity contribution in [2.24, 2.45) is 17.3 Å². The lowest BCUT2D eigenvalue weighted by atomic mass is 9.77. The van der Waals surface area contributed by atoms with Crippen molar-refractivity contribution in [2.45, 2.75) is 41.0 Å². The predicted molar refractivity (Wildman–Crippen MR) is 75.6 cm³/mol. The zero-order valence-electron chi connectivity index (χ0n) is 12.5. The van der Waals surface area contributed by atoms with Gasteiger partial charge in [-0.1, -0.05) is 37.6 Å². The number of hydrogen-bond acceptors (Lipinski definition) is 3. The summed E-state index contributed by atoms with van der Waals surface area (Å²) in [6.45, 7) is 9.97. The monoisotopic (exact) mass is 264 g/mol. The standard InChI is InChI=1S/C16H24O3/c1-6-19-15(18)14(12(3)17)10-9-13-8-7-11(2)16(13,4)5/h7,9-10,13-14H,6,8H2,1-5H3. The summed E-state index contributed by atoms with van der Waals surface area (Å²) >= 11 is 0. The first-order valence-electron chi connectivity index (χ1n) is 6.83. The van der Waals surface area contributed by atoms with Crippen LogP contribution in [0.2, 0.25) is 0 Å². The minimum absolute atomic E-state index is 0.0898. The summed E-state index contributed by atoms with van der Waals surface area (Å²) in [5.41, 5.74) is 1.45. The quantitative estimate of drug-likeness (QED) is 0.435. The Morgan fingerprint density at radius 1 is 1.53 bits per heavy atom. The molecule has 1 aliphatic carbocycles.